The Hall–Kier alpha value is -2.56. The monoisotopic (exact) mass is 311 g/mol. The molecule has 1 fully saturated rings. The molecule has 1 saturated heterocycles. The molecular formula is C18H21N3O2. The Bertz CT molecular complexity index is 639. The average Bonchev–Trinajstić information content (AvgIpc) is 2.98. The van der Waals surface area contributed by atoms with Crippen molar-refractivity contribution in [1.82, 2.24) is 5.43 Å². The van der Waals surface area contributed by atoms with Gasteiger partial charge in [-0.2, -0.15) is 5.10 Å². The summed E-state index contributed by atoms with van der Waals surface area (Å²) in [5.41, 5.74) is 4.65. The molecule has 23 heavy (non-hydrogen) atoms. The van der Waals surface area contributed by atoms with Crippen molar-refractivity contribution in [2.75, 3.05) is 18.0 Å². The second-order valence-corrected chi connectivity index (χ2v) is 5.67. The van der Waals surface area contributed by atoms with Gasteiger partial charge < -0.3 is 9.32 Å². The zero-order chi connectivity index (χ0) is 15.9. The second kappa shape index (κ2) is 7.63. The van der Waals surface area contributed by atoms with Gasteiger partial charge in [0.15, 0.2) is 5.76 Å². The van der Waals surface area contributed by atoms with E-state index in [0.717, 1.165) is 18.7 Å². The fourth-order valence-electron chi connectivity index (χ4n) is 2.73. The third-order valence-corrected chi connectivity index (χ3v) is 3.99. The number of nitrogens with one attached hydrogen (secondary N) is 1. The van der Waals surface area contributed by atoms with Gasteiger partial charge in [-0.3, -0.25) is 4.79 Å². The van der Waals surface area contributed by atoms with Crippen LogP contribution in [-0.4, -0.2) is 25.2 Å². The SMILES string of the molecule is O=C(N/N=C\c1ccc(N2CCCCCC2)cc1)c1ccco1. The molecule has 0 saturated carbocycles. The van der Waals surface area contributed by atoms with Crippen LogP contribution in [0.5, 0.6) is 0 Å². The summed E-state index contributed by atoms with van der Waals surface area (Å²) in [5.74, 6) is -0.105. The minimum atomic E-state index is -0.354. The third kappa shape index (κ3) is 4.22. The first-order valence-electron chi connectivity index (χ1n) is 8.05. The van der Waals surface area contributed by atoms with Crippen molar-refractivity contribution in [3.8, 4) is 0 Å². The van der Waals surface area contributed by atoms with E-state index in [0.29, 0.717) is 0 Å². The highest BCUT2D eigenvalue weighted by atomic mass is 16.3. The van der Waals surface area contributed by atoms with Gasteiger partial charge in [0.2, 0.25) is 0 Å². The molecule has 0 aliphatic carbocycles. The van der Waals surface area contributed by atoms with Crippen LogP contribution >= 0.6 is 0 Å². The van der Waals surface area contributed by atoms with Gasteiger partial charge in [0.1, 0.15) is 0 Å². The summed E-state index contributed by atoms with van der Waals surface area (Å²) in [6.45, 7) is 2.26. The molecule has 2 heterocycles. The van der Waals surface area contributed by atoms with Gasteiger partial charge >= 0.3 is 5.91 Å². The number of carbonyl (C=O) groups is 1. The lowest BCUT2D eigenvalue weighted by Gasteiger charge is -2.22. The first-order valence-corrected chi connectivity index (χ1v) is 8.05. The highest BCUT2D eigenvalue weighted by Gasteiger charge is 2.09. The lowest BCUT2D eigenvalue weighted by molar-refractivity contribution is 0.0927. The highest BCUT2D eigenvalue weighted by Crippen LogP contribution is 2.19. The number of hydrazone groups is 1. The fraction of sp³-hybridized carbons (Fsp3) is 0.333. The number of amides is 1. The highest BCUT2D eigenvalue weighted by molar-refractivity contribution is 5.92. The number of hydrogen-bond acceptors (Lipinski definition) is 4. The minimum absolute atomic E-state index is 0.249. The molecule has 0 radical (unpaired) electrons. The average molecular weight is 311 g/mol. The summed E-state index contributed by atoms with van der Waals surface area (Å²) in [6.07, 6.45) is 8.28. The van der Waals surface area contributed by atoms with Gasteiger partial charge in [0.05, 0.1) is 12.5 Å². The number of hydrogen-bond donors (Lipinski definition) is 1. The van der Waals surface area contributed by atoms with Crippen LogP contribution in [0.3, 0.4) is 0 Å². The van der Waals surface area contributed by atoms with Gasteiger partial charge in [-0.1, -0.05) is 25.0 Å². The number of benzene rings is 1. The largest absolute Gasteiger partial charge is 0.459 e. The van der Waals surface area contributed by atoms with Crippen LogP contribution in [0.4, 0.5) is 5.69 Å². The van der Waals surface area contributed by atoms with Gasteiger partial charge in [-0.15, -0.1) is 0 Å². The molecule has 1 aliphatic rings. The molecule has 0 spiro atoms. The number of anilines is 1. The van der Waals surface area contributed by atoms with Crippen LogP contribution in [0.2, 0.25) is 0 Å². The zero-order valence-electron chi connectivity index (χ0n) is 13.1. The van der Waals surface area contributed by atoms with Gasteiger partial charge in [0.25, 0.3) is 0 Å². The predicted molar refractivity (Wildman–Crippen MR) is 90.9 cm³/mol. The number of carbonyl (C=O) groups excluding carboxylic acids is 1. The summed E-state index contributed by atoms with van der Waals surface area (Å²) in [4.78, 5) is 14.1. The Morgan fingerprint density at radius 2 is 1.83 bits per heavy atom. The molecule has 5 heteroatoms. The number of rotatable bonds is 4. The molecule has 1 N–H and O–H groups in total. The predicted octanol–water partition coefficient (Wildman–Crippen LogP) is 3.42. The minimum Gasteiger partial charge on any atom is -0.459 e. The van der Waals surface area contributed by atoms with E-state index in [1.165, 1.54) is 37.6 Å². The molecule has 1 amide bonds. The van der Waals surface area contributed by atoms with Crippen molar-refractivity contribution in [2.45, 2.75) is 25.7 Å². The normalized spacial score (nSPS) is 15.6. The summed E-state index contributed by atoms with van der Waals surface area (Å²) in [5, 5.41) is 3.96. The quantitative estimate of drug-likeness (QED) is 0.695. The van der Waals surface area contributed by atoms with Gasteiger partial charge in [-0.25, -0.2) is 5.43 Å². The van der Waals surface area contributed by atoms with Gasteiger partial charge in [0, 0.05) is 18.8 Å². The van der Waals surface area contributed by atoms with Gasteiger partial charge in [-0.05, 0) is 42.7 Å². The van der Waals surface area contributed by atoms with E-state index in [-0.39, 0.29) is 11.7 Å². The number of furan rings is 1. The lowest BCUT2D eigenvalue weighted by atomic mass is 10.2. The summed E-state index contributed by atoms with van der Waals surface area (Å²) in [7, 11) is 0. The van der Waals surface area contributed by atoms with E-state index >= 15 is 0 Å². The summed E-state index contributed by atoms with van der Waals surface area (Å²) < 4.78 is 5.00. The molecule has 0 unspecified atom stereocenters. The molecule has 1 aromatic heterocycles. The van der Waals surface area contributed by atoms with E-state index in [2.05, 4.69) is 27.6 Å². The van der Waals surface area contributed by atoms with Crippen LogP contribution in [0.1, 0.15) is 41.8 Å². The van der Waals surface area contributed by atoms with Crippen LogP contribution in [0.15, 0.2) is 52.2 Å². The van der Waals surface area contributed by atoms with E-state index < -0.39 is 0 Å². The van der Waals surface area contributed by atoms with Crippen LogP contribution < -0.4 is 10.3 Å². The molecular weight excluding hydrogens is 290 g/mol. The molecule has 2 aromatic rings. The molecule has 0 bridgehead atoms. The van der Waals surface area contributed by atoms with Crippen molar-refractivity contribution >= 4 is 17.8 Å². The molecule has 1 aromatic carbocycles. The topological polar surface area (TPSA) is 57.8 Å². The first kappa shape index (κ1) is 15.3. The summed E-state index contributed by atoms with van der Waals surface area (Å²) >= 11 is 0. The smallest absolute Gasteiger partial charge is 0.307 e. The summed E-state index contributed by atoms with van der Waals surface area (Å²) in [6, 6.07) is 11.5. The fourth-order valence-corrected chi connectivity index (χ4v) is 2.73. The van der Waals surface area contributed by atoms with Crippen molar-refractivity contribution in [2.24, 2.45) is 5.10 Å². The maximum Gasteiger partial charge on any atom is 0.307 e. The molecule has 5 nitrogen and oxygen atoms in total. The Morgan fingerprint density at radius 3 is 2.48 bits per heavy atom. The lowest BCUT2D eigenvalue weighted by Crippen LogP contribution is -2.23. The third-order valence-electron chi connectivity index (χ3n) is 3.99. The van der Waals surface area contributed by atoms with Crippen LogP contribution in [0, 0.1) is 0 Å². The molecule has 0 atom stereocenters. The van der Waals surface area contributed by atoms with E-state index in [1.807, 2.05) is 12.1 Å². The van der Waals surface area contributed by atoms with Crippen LogP contribution in [-0.2, 0) is 0 Å². The Morgan fingerprint density at radius 1 is 1.09 bits per heavy atom. The molecule has 1 aliphatic heterocycles. The molecule has 120 valence electrons. The first-order chi connectivity index (χ1) is 11.3. The van der Waals surface area contributed by atoms with E-state index in [4.69, 9.17) is 4.42 Å². The number of nitrogens with zero attached hydrogens (tertiary/aromatic N) is 2. The van der Waals surface area contributed by atoms with E-state index in [1.54, 1.807) is 18.3 Å². The van der Waals surface area contributed by atoms with Crippen molar-refractivity contribution < 1.29 is 9.21 Å². The van der Waals surface area contributed by atoms with Crippen LogP contribution in [0.25, 0.3) is 0 Å². The van der Waals surface area contributed by atoms with Crippen molar-refractivity contribution in [3.63, 3.8) is 0 Å². The Labute approximate surface area is 136 Å². The maximum absolute atomic E-state index is 11.7. The zero-order valence-corrected chi connectivity index (χ0v) is 13.1. The Kier molecular flexibility index (Phi) is 5.09. The standard InChI is InChI=1S/C18H21N3O2/c22-18(17-6-5-13-23-17)20-19-14-15-7-9-16(10-8-15)21-11-3-1-2-4-12-21/h5-10,13-14H,1-4,11-12H2,(H,20,22)/b19-14-. The van der Waals surface area contributed by atoms with E-state index in [9.17, 15) is 4.79 Å². The van der Waals surface area contributed by atoms with Crippen molar-refractivity contribution in [1.29, 1.82) is 0 Å². The molecule has 3 rings (SSSR count). The Balaban J connectivity index is 1.56. The maximum atomic E-state index is 11.7. The van der Waals surface area contributed by atoms with Crippen molar-refractivity contribution in [3.05, 3.63) is 54.0 Å². The second-order valence-electron chi connectivity index (χ2n) is 5.67.